The zero-order chi connectivity index (χ0) is 12.7. The number of nitro groups is 1. The lowest BCUT2D eigenvalue weighted by Gasteiger charge is -2.07. The Morgan fingerprint density at radius 3 is 2.94 bits per heavy atom. The number of anilines is 1. The first-order chi connectivity index (χ1) is 8.15. The zero-order valence-corrected chi connectivity index (χ0v) is 12.0. The van der Waals surface area contributed by atoms with Gasteiger partial charge in [0.05, 0.1) is 4.92 Å². The molecule has 1 N–H and O–H groups in total. The lowest BCUT2D eigenvalue weighted by atomic mass is 10.2. The van der Waals surface area contributed by atoms with Crippen LogP contribution < -0.4 is 5.32 Å². The highest BCUT2D eigenvalue weighted by atomic mass is 79.9. The van der Waals surface area contributed by atoms with Crippen LogP contribution in [0.1, 0.15) is 13.3 Å². The van der Waals surface area contributed by atoms with Crippen LogP contribution in [0.25, 0.3) is 0 Å². The molecule has 94 valence electrons. The summed E-state index contributed by atoms with van der Waals surface area (Å²) in [7, 11) is 0. The van der Waals surface area contributed by atoms with Crippen molar-refractivity contribution in [2.24, 2.45) is 0 Å². The predicted molar refractivity (Wildman–Crippen MR) is 76.9 cm³/mol. The largest absolute Gasteiger partial charge is 0.379 e. The van der Waals surface area contributed by atoms with E-state index in [4.69, 9.17) is 0 Å². The number of hydrogen-bond donors (Lipinski definition) is 1. The normalized spacial score (nSPS) is 10.2. The summed E-state index contributed by atoms with van der Waals surface area (Å²) in [6.07, 6.45) is 1.01. The van der Waals surface area contributed by atoms with Crippen molar-refractivity contribution < 1.29 is 4.92 Å². The van der Waals surface area contributed by atoms with Crippen LogP contribution in [0.15, 0.2) is 22.7 Å². The summed E-state index contributed by atoms with van der Waals surface area (Å²) in [5.74, 6) is 2.19. The molecule has 0 saturated heterocycles. The second-order valence-electron chi connectivity index (χ2n) is 3.40. The van der Waals surface area contributed by atoms with Gasteiger partial charge in [0.15, 0.2) is 0 Å². The molecule has 0 fully saturated rings. The molecule has 0 heterocycles. The van der Waals surface area contributed by atoms with Gasteiger partial charge in [-0.15, -0.1) is 0 Å². The Hall–Kier alpha value is -0.750. The van der Waals surface area contributed by atoms with Crippen molar-refractivity contribution in [1.82, 2.24) is 0 Å². The number of thioether (sulfide) groups is 1. The Kier molecular flexibility index (Phi) is 6.36. The molecular formula is C11H15BrN2O2S. The monoisotopic (exact) mass is 318 g/mol. The number of nitrogens with zero attached hydrogens (tertiary/aromatic N) is 1. The summed E-state index contributed by atoms with van der Waals surface area (Å²) >= 11 is 5.11. The first-order valence-electron chi connectivity index (χ1n) is 5.40. The minimum Gasteiger partial charge on any atom is -0.379 e. The minimum atomic E-state index is -0.367. The minimum absolute atomic E-state index is 0.113. The van der Waals surface area contributed by atoms with Gasteiger partial charge < -0.3 is 5.32 Å². The third kappa shape index (κ3) is 4.95. The van der Waals surface area contributed by atoms with Crippen LogP contribution in [0.2, 0.25) is 0 Å². The predicted octanol–water partition coefficient (Wildman–Crippen LogP) is 3.91. The van der Waals surface area contributed by atoms with E-state index in [1.165, 1.54) is 6.07 Å². The number of nitrogens with one attached hydrogen (secondary N) is 1. The summed E-state index contributed by atoms with van der Waals surface area (Å²) in [5, 5.41) is 14.0. The maximum absolute atomic E-state index is 10.8. The summed E-state index contributed by atoms with van der Waals surface area (Å²) in [6, 6.07) is 5.05. The third-order valence-electron chi connectivity index (χ3n) is 2.14. The molecule has 0 aliphatic heterocycles. The summed E-state index contributed by atoms with van der Waals surface area (Å²) in [6.45, 7) is 2.88. The summed E-state index contributed by atoms with van der Waals surface area (Å²) in [4.78, 5) is 10.5. The molecule has 0 bridgehead atoms. The molecule has 0 aliphatic rings. The Bertz CT molecular complexity index is 388. The van der Waals surface area contributed by atoms with Crippen molar-refractivity contribution in [3.63, 3.8) is 0 Å². The first-order valence-corrected chi connectivity index (χ1v) is 7.35. The molecule has 1 rings (SSSR count). The van der Waals surface area contributed by atoms with E-state index in [9.17, 15) is 10.1 Å². The van der Waals surface area contributed by atoms with Crippen LogP contribution in [0, 0.1) is 10.1 Å². The number of rotatable bonds is 7. The van der Waals surface area contributed by atoms with Gasteiger partial charge in [0.2, 0.25) is 0 Å². The van der Waals surface area contributed by atoms with Crippen molar-refractivity contribution >= 4 is 39.1 Å². The van der Waals surface area contributed by atoms with E-state index in [-0.39, 0.29) is 10.6 Å². The van der Waals surface area contributed by atoms with E-state index in [1.54, 1.807) is 12.1 Å². The van der Waals surface area contributed by atoms with E-state index in [1.807, 2.05) is 11.8 Å². The molecule has 0 atom stereocenters. The van der Waals surface area contributed by atoms with Gasteiger partial charge in [-0.05, 0) is 30.1 Å². The standard InChI is InChI=1S/C11H15BrN2O2S/c1-2-17-7-3-6-13-10-5-4-9(12)8-11(10)14(15)16/h4-5,8,13H,2-3,6-7H2,1H3. The second-order valence-corrected chi connectivity index (χ2v) is 5.71. The third-order valence-corrected chi connectivity index (χ3v) is 3.62. The molecule has 0 aromatic heterocycles. The Balaban J connectivity index is 2.55. The van der Waals surface area contributed by atoms with E-state index in [2.05, 4.69) is 28.2 Å². The van der Waals surface area contributed by atoms with Crippen LogP contribution in [-0.2, 0) is 0 Å². The number of benzene rings is 1. The number of halogens is 1. The molecule has 0 spiro atoms. The molecule has 0 unspecified atom stereocenters. The van der Waals surface area contributed by atoms with Gasteiger partial charge in [-0.2, -0.15) is 11.8 Å². The van der Waals surface area contributed by atoms with Crippen LogP contribution in [-0.4, -0.2) is 23.0 Å². The molecule has 4 nitrogen and oxygen atoms in total. The van der Waals surface area contributed by atoms with Crippen LogP contribution in [0.3, 0.4) is 0 Å². The van der Waals surface area contributed by atoms with E-state index in [0.717, 1.165) is 28.9 Å². The van der Waals surface area contributed by atoms with Gasteiger partial charge in [-0.25, -0.2) is 0 Å². The lowest BCUT2D eigenvalue weighted by Crippen LogP contribution is -2.05. The van der Waals surface area contributed by atoms with Crippen molar-refractivity contribution in [2.45, 2.75) is 13.3 Å². The highest BCUT2D eigenvalue weighted by Crippen LogP contribution is 2.27. The fourth-order valence-electron chi connectivity index (χ4n) is 1.35. The number of nitro benzene ring substituents is 1. The van der Waals surface area contributed by atoms with E-state index < -0.39 is 0 Å². The lowest BCUT2D eigenvalue weighted by molar-refractivity contribution is -0.384. The Labute approximate surface area is 113 Å². The molecular weight excluding hydrogens is 304 g/mol. The maximum Gasteiger partial charge on any atom is 0.293 e. The van der Waals surface area contributed by atoms with E-state index >= 15 is 0 Å². The maximum atomic E-state index is 10.8. The molecule has 0 amide bonds. The molecule has 0 saturated carbocycles. The topological polar surface area (TPSA) is 55.2 Å². The van der Waals surface area contributed by atoms with Crippen LogP contribution >= 0.6 is 27.7 Å². The summed E-state index contributed by atoms with van der Waals surface area (Å²) in [5.41, 5.74) is 0.696. The SMILES string of the molecule is CCSCCCNc1ccc(Br)cc1[N+](=O)[O-]. The summed E-state index contributed by atoms with van der Waals surface area (Å²) < 4.78 is 0.719. The van der Waals surface area contributed by atoms with Gasteiger partial charge in [-0.1, -0.05) is 22.9 Å². The Morgan fingerprint density at radius 1 is 1.53 bits per heavy atom. The van der Waals surface area contributed by atoms with Crippen molar-refractivity contribution in [3.8, 4) is 0 Å². The highest BCUT2D eigenvalue weighted by molar-refractivity contribution is 9.10. The molecule has 6 heteroatoms. The average Bonchev–Trinajstić information content (AvgIpc) is 2.30. The average molecular weight is 319 g/mol. The molecule has 1 aromatic rings. The molecule has 0 aliphatic carbocycles. The fraction of sp³-hybridized carbons (Fsp3) is 0.455. The van der Waals surface area contributed by atoms with Gasteiger partial charge >= 0.3 is 0 Å². The number of hydrogen-bond acceptors (Lipinski definition) is 4. The van der Waals surface area contributed by atoms with Crippen LogP contribution in [0.4, 0.5) is 11.4 Å². The fourth-order valence-corrected chi connectivity index (χ4v) is 2.33. The molecule has 17 heavy (non-hydrogen) atoms. The smallest absolute Gasteiger partial charge is 0.293 e. The molecule has 1 aromatic carbocycles. The molecule has 0 radical (unpaired) electrons. The Morgan fingerprint density at radius 2 is 2.29 bits per heavy atom. The van der Waals surface area contributed by atoms with Gasteiger partial charge in [0.25, 0.3) is 5.69 Å². The second kappa shape index (κ2) is 7.55. The van der Waals surface area contributed by atoms with Gasteiger partial charge in [0, 0.05) is 17.1 Å². The van der Waals surface area contributed by atoms with Crippen LogP contribution in [0.5, 0.6) is 0 Å². The zero-order valence-electron chi connectivity index (χ0n) is 9.61. The quantitative estimate of drug-likeness (QED) is 0.470. The first kappa shape index (κ1) is 14.3. The van der Waals surface area contributed by atoms with Crippen molar-refractivity contribution in [3.05, 3.63) is 32.8 Å². The van der Waals surface area contributed by atoms with Gasteiger partial charge in [0.1, 0.15) is 5.69 Å². The van der Waals surface area contributed by atoms with Crippen molar-refractivity contribution in [1.29, 1.82) is 0 Å². The van der Waals surface area contributed by atoms with E-state index in [0.29, 0.717) is 5.69 Å². The highest BCUT2D eigenvalue weighted by Gasteiger charge is 2.13. The van der Waals surface area contributed by atoms with Gasteiger partial charge in [-0.3, -0.25) is 10.1 Å². The van der Waals surface area contributed by atoms with Crippen molar-refractivity contribution in [2.75, 3.05) is 23.4 Å².